The molecule has 1 fully saturated rings. The number of benzene rings is 1. The van der Waals surface area contributed by atoms with Gasteiger partial charge in [-0.25, -0.2) is 0 Å². The summed E-state index contributed by atoms with van der Waals surface area (Å²) in [7, 11) is -1.41. The van der Waals surface area contributed by atoms with Crippen LogP contribution in [0.1, 0.15) is 36.8 Å². The minimum Gasteiger partial charge on any atom is -0.480 e. The molecule has 5 N–H and O–H groups in total. The molecule has 1 aromatic carbocycles. The number of carboxylic acid groups (broad SMARTS) is 1. The Morgan fingerprint density at radius 3 is 2.39 bits per heavy atom. The van der Waals surface area contributed by atoms with Crippen LogP contribution in [-0.2, 0) is 17.5 Å². The Bertz CT molecular complexity index is 657. The lowest BCUT2D eigenvalue weighted by atomic mass is 9.77. The summed E-state index contributed by atoms with van der Waals surface area (Å²) < 4.78 is 37.9. The fraction of sp³-hybridized carbons (Fsp3) is 0.611. The zero-order chi connectivity index (χ0) is 20.9. The van der Waals surface area contributed by atoms with Gasteiger partial charge in [0.2, 0.25) is 0 Å². The molecule has 0 spiro atoms. The predicted molar refractivity (Wildman–Crippen MR) is 98.2 cm³/mol. The molecule has 2 atom stereocenters. The molecule has 0 aromatic heterocycles. The minimum atomic E-state index is -4.37. The van der Waals surface area contributed by atoms with Crippen LogP contribution in [0.15, 0.2) is 24.3 Å². The van der Waals surface area contributed by atoms with Gasteiger partial charge in [-0.05, 0) is 43.4 Å². The quantitative estimate of drug-likeness (QED) is 0.372. The van der Waals surface area contributed by atoms with Crippen LogP contribution in [0.25, 0.3) is 0 Å². The van der Waals surface area contributed by atoms with Crippen molar-refractivity contribution in [2.24, 2.45) is 11.7 Å². The Hall–Kier alpha value is -1.62. The standard InChI is InChI=1S/C18H26BF3N2O4/c20-18(21,22)14-5-3-13(4-6-14)11-24-10-7-15(12-24)17(23,16(25)26)8-1-2-9-19(27)28/h3-6,15,27-28H,1-2,7-12,23H2,(H,25,26). The normalized spacial score (nSPS) is 20.1. The fourth-order valence-corrected chi connectivity index (χ4v) is 3.68. The molecule has 1 aliphatic heterocycles. The van der Waals surface area contributed by atoms with Crippen LogP contribution in [-0.4, -0.2) is 51.8 Å². The number of rotatable bonds is 9. The largest absolute Gasteiger partial charge is 0.480 e. The number of halogens is 3. The number of aliphatic carboxylic acids is 1. The monoisotopic (exact) mass is 402 g/mol. The van der Waals surface area contributed by atoms with Crippen LogP contribution in [0.3, 0.4) is 0 Å². The van der Waals surface area contributed by atoms with Gasteiger partial charge in [0.15, 0.2) is 0 Å². The van der Waals surface area contributed by atoms with E-state index in [4.69, 9.17) is 15.8 Å². The Labute approximate surface area is 162 Å². The smallest absolute Gasteiger partial charge is 0.451 e. The molecule has 28 heavy (non-hydrogen) atoms. The maximum Gasteiger partial charge on any atom is 0.451 e. The summed E-state index contributed by atoms with van der Waals surface area (Å²) in [5.74, 6) is -1.36. The van der Waals surface area contributed by atoms with Crippen LogP contribution < -0.4 is 5.73 Å². The van der Waals surface area contributed by atoms with Crippen molar-refractivity contribution < 1.29 is 33.1 Å². The number of likely N-dealkylation sites (tertiary alicyclic amines) is 1. The molecule has 1 saturated heterocycles. The van der Waals surface area contributed by atoms with Gasteiger partial charge in [-0.3, -0.25) is 9.69 Å². The lowest BCUT2D eigenvalue weighted by Gasteiger charge is -2.31. The molecular formula is C18H26BF3N2O4. The second-order valence-electron chi connectivity index (χ2n) is 7.49. The van der Waals surface area contributed by atoms with Gasteiger partial charge < -0.3 is 20.9 Å². The van der Waals surface area contributed by atoms with E-state index in [9.17, 15) is 23.1 Å². The van der Waals surface area contributed by atoms with Gasteiger partial charge >= 0.3 is 19.3 Å². The molecule has 6 nitrogen and oxygen atoms in total. The molecular weight excluding hydrogens is 376 g/mol. The predicted octanol–water partition coefficient (Wildman–Crippen LogP) is 1.95. The SMILES string of the molecule is NC(CCCCB(O)O)(C(=O)O)C1CCN(Cc2ccc(C(F)(F)F)cc2)C1. The molecule has 10 heteroatoms. The first kappa shape index (κ1) is 22.7. The highest BCUT2D eigenvalue weighted by Crippen LogP contribution is 2.32. The Morgan fingerprint density at radius 1 is 1.21 bits per heavy atom. The Balaban J connectivity index is 1.93. The Morgan fingerprint density at radius 2 is 1.86 bits per heavy atom. The average molecular weight is 402 g/mol. The van der Waals surface area contributed by atoms with Crippen molar-refractivity contribution in [3.05, 3.63) is 35.4 Å². The van der Waals surface area contributed by atoms with E-state index in [1.165, 1.54) is 12.1 Å². The summed E-state index contributed by atoms with van der Waals surface area (Å²) >= 11 is 0. The maximum atomic E-state index is 12.6. The number of nitrogens with two attached hydrogens (primary N) is 1. The number of carboxylic acids is 1. The van der Waals surface area contributed by atoms with Crippen LogP contribution in [0.5, 0.6) is 0 Å². The van der Waals surface area contributed by atoms with Crippen molar-refractivity contribution in [2.75, 3.05) is 13.1 Å². The van der Waals surface area contributed by atoms with E-state index in [1.807, 2.05) is 4.90 Å². The number of unbranched alkanes of at least 4 members (excludes halogenated alkanes) is 1. The lowest BCUT2D eigenvalue weighted by molar-refractivity contribution is -0.146. The van der Waals surface area contributed by atoms with E-state index in [1.54, 1.807) is 0 Å². The second kappa shape index (κ2) is 9.26. The van der Waals surface area contributed by atoms with Gasteiger partial charge in [-0.15, -0.1) is 0 Å². The number of carbonyl (C=O) groups is 1. The molecule has 1 heterocycles. The van der Waals surface area contributed by atoms with Gasteiger partial charge in [0.05, 0.1) is 5.56 Å². The van der Waals surface area contributed by atoms with Crippen molar-refractivity contribution in [3.63, 3.8) is 0 Å². The van der Waals surface area contributed by atoms with Gasteiger partial charge in [0, 0.05) is 19.0 Å². The third kappa shape index (κ3) is 5.94. The molecule has 2 rings (SSSR count). The molecule has 0 radical (unpaired) electrons. The van der Waals surface area contributed by atoms with Crippen LogP contribution in [0, 0.1) is 5.92 Å². The van der Waals surface area contributed by atoms with E-state index >= 15 is 0 Å². The van der Waals surface area contributed by atoms with Gasteiger partial charge in [0.25, 0.3) is 0 Å². The molecule has 2 unspecified atom stereocenters. The highest BCUT2D eigenvalue weighted by molar-refractivity contribution is 6.40. The first-order chi connectivity index (χ1) is 13.0. The molecule has 1 aromatic rings. The summed E-state index contributed by atoms with van der Waals surface area (Å²) in [4.78, 5) is 13.8. The lowest BCUT2D eigenvalue weighted by Crippen LogP contribution is -2.55. The zero-order valence-corrected chi connectivity index (χ0v) is 15.5. The molecule has 0 aliphatic carbocycles. The summed E-state index contributed by atoms with van der Waals surface area (Å²) in [5.41, 5.74) is 4.83. The summed E-state index contributed by atoms with van der Waals surface area (Å²) in [5, 5.41) is 27.4. The van der Waals surface area contributed by atoms with Crippen molar-refractivity contribution in [2.45, 2.75) is 50.3 Å². The number of hydrogen-bond acceptors (Lipinski definition) is 5. The number of hydrogen-bond donors (Lipinski definition) is 4. The van der Waals surface area contributed by atoms with E-state index in [0.29, 0.717) is 38.9 Å². The van der Waals surface area contributed by atoms with Crippen molar-refractivity contribution in [1.82, 2.24) is 4.90 Å². The molecule has 0 amide bonds. The van der Waals surface area contributed by atoms with Crippen LogP contribution in [0.4, 0.5) is 13.2 Å². The highest BCUT2D eigenvalue weighted by Gasteiger charge is 2.44. The molecule has 0 bridgehead atoms. The molecule has 1 aliphatic rings. The van der Waals surface area contributed by atoms with E-state index in [2.05, 4.69) is 0 Å². The van der Waals surface area contributed by atoms with Gasteiger partial charge in [0.1, 0.15) is 5.54 Å². The van der Waals surface area contributed by atoms with Crippen molar-refractivity contribution in [3.8, 4) is 0 Å². The van der Waals surface area contributed by atoms with E-state index in [-0.39, 0.29) is 18.7 Å². The van der Waals surface area contributed by atoms with Gasteiger partial charge in [-0.2, -0.15) is 13.2 Å². The zero-order valence-electron chi connectivity index (χ0n) is 15.5. The second-order valence-corrected chi connectivity index (χ2v) is 7.49. The van der Waals surface area contributed by atoms with Crippen molar-refractivity contribution in [1.29, 1.82) is 0 Å². The fourth-order valence-electron chi connectivity index (χ4n) is 3.68. The van der Waals surface area contributed by atoms with Gasteiger partial charge in [-0.1, -0.05) is 25.0 Å². The maximum absolute atomic E-state index is 12.6. The van der Waals surface area contributed by atoms with Crippen molar-refractivity contribution >= 4 is 13.1 Å². The topological polar surface area (TPSA) is 107 Å². The summed E-state index contributed by atoms with van der Waals surface area (Å²) in [6, 6.07) is 4.96. The number of alkyl halides is 3. The molecule has 0 saturated carbocycles. The first-order valence-electron chi connectivity index (χ1n) is 9.29. The molecule has 156 valence electrons. The van der Waals surface area contributed by atoms with Crippen LogP contribution >= 0.6 is 0 Å². The van der Waals surface area contributed by atoms with Crippen LogP contribution in [0.2, 0.25) is 6.32 Å². The average Bonchev–Trinajstić information content (AvgIpc) is 3.07. The number of nitrogens with zero attached hydrogens (tertiary/aromatic N) is 1. The highest BCUT2D eigenvalue weighted by atomic mass is 19.4. The first-order valence-corrected chi connectivity index (χ1v) is 9.29. The summed E-state index contributed by atoms with van der Waals surface area (Å²) in [6.07, 6.45) is -2.45. The van der Waals surface area contributed by atoms with E-state index in [0.717, 1.165) is 17.7 Å². The summed E-state index contributed by atoms with van der Waals surface area (Å²) in [6.45, 7) is 1.50. The third-order valence-electron chi connectivity index (χ3n) is 5.39. The Kier molecular flexibility index (Phi) is 7.49. The minimum absolute atomic E-state index is 0.167. The van der Waals surface area contributed by atoms with E-state index < -0.39 is 30.4 Å². The third-order valence-corrected chi connectivity index (χ3v) is 5.39.